The normalized spacial score (nSPS) is 21.6. The van der Waals surface area contributed by atoms with E-state index in [4.69, 9.17) is 0 Å². The summed E-state index contributed by atoms with van der Waals surface area (Å²) in [5.74, 6) is -0.313. The number of carbonyl (C=O) groups is 1. The average molecular weight is 263 g/mol. The predicted octanol–water partition coefficient (Wildman–Crippen LogP) is 1.14. The van der Waals surface area contributed by atoms with Crippen molar-refractivity contribution in [3.05, 3.63) is 0 Å². The van der Waals surface area contributed by atoms with Crippen LogP contribution in [0.5, 0.6) is 0 Å². The fourth-order valence-electron chi connectivity index (χ4n) is 2.20. The Morgan fingerprint density at radius 3 is 2.76 bits per heavy atom. The van der Waals surface area contributed by atoms with E-state index in [1.54, 1.807) is 4.31 Å². The lowest BCUT2D eigenvalue weighted by molar-refractivity contribution is -0.140. The van der Waals surface area contributed by atoms with Gasteiger partial charge in [-0.25, -0.2) is 8.42 Å². The van der Waals surface area contributed by atoms with Gasteiger partial charge < -0.3 is 4.74 Å². The van der Waals surface area contributed by atoms with Gasteiger partial charge in [-0.2, -0.15) is 4.31 Å². The highest BCUT2D eigenvalue weighted by atomic mass is 32.2. The highest BCUT2D eigenvalue weighted by molar-refractivity contribution is 7.89. The van der Waals surface area contributed by atoms with Crippen molar-refractivity contribution in [2.75, 3.05) is 19.4 Å². The van der Waals surface area contributed by atoms with Crippen molar-refractivity contribution in [1.82, 2.24) is 4.31 Å². The van der Waals surface area contributed by atoms with E-state index in [0.717, 1.165) is 19.3 Å². The molecule has 0 radical (unpaired) electrons. The molecule has 1 heterocycles. The topological polar surface area (TPSA) is 63.7 Å². The lowest BCUT2D eigenvalue weighted by Gasteiger charge is -2.22. The second-order valence-corrected chi connectivity index (χ2v) is 6.35. The first-order valence-corrected chi connectivity index (χ1v) is 7.68. The number of esters is 1. The van der Waals surface area contributed by atoms with E-state index in [0.29, 0.717) is 13.0 Å². The summed E-state index contributed by atoms with van der Waals surface area (Å²) in [6, 6.07) is 0.151. The Kier molecular flexibility index (Phi) is 5.39. The summed E-state index contributed by atoms with van der Waals surface area (Å²) < 4.78 is 30.2. The molecule has 1 unspecified atom stereocenters. The van der Waals surface area contributed by atoms with Gasteiger partial charge in [0.15, 0.2) is 0 Å². The Balaban J connectivity index is 2.48. The Morgan fingerprint density at radius 1 is 1.47 bits per heavy atom. The molecule has 1 saturated heterocycles. The predicted molar refractivity (Wildman–Crippen MR) is 65.1 cm³/mol. The lowest BCUT2D eigenvalue weighted by atomic mass is 10.2. The lowest BCUT2D eigenvalue weighted by Crippen LogP contribution is -2.36. The second-order valence-electron chi connectivity index (χ2n) is 4.31. The maximum Gasteiger partial charge on any atom is 0.305 e. The van der Waals surface area contributed by atoms with E-state index in [-0.39, 0.29) is 24.2 Å². The molecule has 1 rings (SSSR count). The van der Waals surface area contributed by atoms with Crippen molar-refractivity contribution < 1.29 is 17.9 Å². The summed E-state index contributed by atoms with van der Waals surface area (Å²) in [6.07, 6.45) is 3.25. The van der Waals surface area contributed by atoms with Gasteiger partial charge >= 0.3 is 5.97 Å². The molecule has 0 N–H and O–H groups in total. The Morgan fingerprint density at radius 2 is 2.18 bits per heavy atom. The SMILES string of the molecule is CCC1CCCN1S(=O)(=O)CCCC(=O)OC. The number of hydrogen-bond donors (Lipinski definition) is 0. The van der Waals surface area contributed by atoms with Crippen molar-refractivity contribution in [1.29, 1.82) is 0 Å². The van der Waals surface area contributed by atoms with E-state index in [1.807, 2.05) is 6.92 Å². The molecule has 0 aromatic heterocycles. The van der Waals surface area contributed by atoms with Gasteiger partial charge in [-0.1, -0.05) is 6.92 Å². The molecule has 1 aliphatic heterocycles. The van der Waals surface area contributed by atoms with E-state index in [1.165, 1.54) is 7.11 Å². The molecule has 6 heteroatoms. The van der Waals surface area contributed by atoms with Gasteiger partial charge in [-0.05, 0) is 25.7 Å². The van der Waals surface area contributed by atoms with Crippen LogP contribution >= 0.6 is 0 Å². The van der Waals surface area contributed by atoms with Gasteiger partial charge in [0.25, 0.3) is 0 Å². The maximum atomic E-state index is 12.0. The molecule has 1 fully saturated rings. The molecule has 100 valence electrons. The molecule has 5 nitrogen and oxygen atoms in total. The van der Waals surface area contributed by atoms with Crippen LogP contribution in [-0.2, 0) is 19.6 Å². The molecule has 0 bridgehead atoms. The fourth-order valence-corrected chi connectivity index (χ4v) is 4.06. The minimum Gasteiger partial charge on any atom is -0.469 e. The van der Waals surface area contributed by atoms with Crippen molar-refractivity contribution >= 4 is 16.0 Å². The number of methoxy groups -OCH3 is 1. The third-order valence-corrected chi connectivity index (χ3v) is 5.16. The highest BCUT2D eigenvalue weighted by Gasteiger charge is 2.32. The maximum absolute atomic E-state index is 12.0. The fraction of sp³-hybridized carbons (Fsp3) is 0.909. The Labute approximate surface area is 103 Å². The summed E-state index contributed by atoms with van der Waals surface area (Å²) >= 11 is 0. The number of rotatable bonds is 6. The molecule has 0 aliphatic carbocycles. The summed E-state index contributed by atoms with van der Waals surface area (Å²) in [6.45, 7) is 2.63. The van der Waals surface area contributed by atoms with Crippen LogP contribution in [0.2, 0.25) is 0 Å². The minimum atomic E-state index is -3.20. The Hall–Kier alpha value is -0.620. The third-order valence-electron chi connectivity index (χ3n) is 3.16. The number of nitrogens with zero attached hydrogens (tertiary/aromatic N) is 1. The van der Waals surface area contributed by atoms with Crippen LogP contribution in [0.4, 0.5) is 0 Å². The largest absolute Gasteiger partial charge is 0.469 e. The van der Waals surface area contributed by atoms with Crippen molar-refractivity contribution in [3.63, 3.8) is 0 Å². The number of sulfonamides is 1. The van der Waals surface area contributed by atoms with Gasteiger partial charge in [0, 0.05) is 19.0 Å². The molecule has 0 aromatic rings. The van der Waals surface area contributed by atoms with Crippen molar-refractivity contribution in [2.24, 2.45) is 0 Å². The molecule has 17 heavy (non-hydrogen) atoms. The zero-order chi connectivity index (χ0) is 12.9. The van der Waals surface area contributed by atoms with Crippen LogP contribution in [0, 0.1) is 0 Å². The van der Waals surface area contributed by atoms with Gasteiger partial charge in [0.2, 0.25) is 10.0 Å². The van der Waals surface area contributed by atoms with Crippen LogP contribution in [-0.4, -0.2) is 44.1 Å². The van der Waals surface area contributed by atoms with Gasteiger partial charge in [-0.3, -0.25) is 4.79 Å². The van der Waals surface area contributed by atoms with E-state index in [2.05, 4.69) is 4.74 Å². The van der Waals surface area contributed by atoms with Crippen LogP contribution in [0.1, 0.15) is 39.0 Å². The van der Waals surface area contributed by atoms with E-state index < -0.39 is 10.0 Å². The summed E-state index contributed by atoms with van der Waals surface area (Å²) in [4.78, 5) is 10.9. The van der Waals surface area contributed by atoms with Gasteiger partial charge in [0.05, 0.1) is 12.9 Å². The Bertz CT molecular complexity index is 352. The van der Waals surface area contributed by atoms with E-state index >= 15 is 0 Å². The van der Waals surface area contributed by atoms with Crippen LogP contribution in [0.15, 0.2) is 0 Å². The summed E-state index contributed by atoms with van der Waals surface area (Å²) in [7, 11) is -1.89. The number of ether oxygens (including phenoxy) is 1. The summed E-state index contributed by atoms with van der Waals surface area (Å²) in [5, 5.41) is 0. The molecule has 1 aliphatic rings. The zero-order valence-electron chi connectivity index (χ0n) is 10.5. The quantitative estimate of drug-likeness (QED) is 0.674. The minimum absolute atomic E-state index is 0.0403. The van der Waals surface area contributed by atoms with Crippen LogP contribution < -0.4 is 0 Å². The number of hydrogen-bond acceptors (Lipinski definition) is 4. The second kappa shape index (κ2) is 6.35. The molecular weight excluding hydrogens is 242 g/mol. The van der Waals surface area contributed by atoms with E-state index in [9.17, 15) is 13.2 Å². The summed E-state index contributed by atoms with van der Waals surface area (Å²) in [5.41, 5.74) is 0. The number of carbonyl (C=O) groups excluding carboxylic acids is 1. The first-order chi connectivity index (χ1) is 8.01. The standard InChI is InChI=1S/C11H21NO4S/c1-3-10-6-4-8-12(10)17(14,15)9-5-7-11(13)16-2/h10H,3-9H2,1-2H3. The molecule has 0 amide bonds. The van der Waals surface area contributed by atoms with Crippen LogP contribution in [0.25, 0.3) is 0 Å². The molecule has 0 saturated carbocycles. The smallest absolute Gasteiger partial charge is 0.305 e. The first-order valence-electron chi connectivity index (χ1n) is 6.07. The zero-order valence-corrected chi connectivity index (χ0v) is 11.3. The van der Waals surface area contributed by atoms with Gasteiger partial charge in [0.1, 0.15) is 0 Å². The van der Waals surface area contributed by atoms with Crippen molar-refractivity contribution in [3.8, 4) is 0 Å². The average Bonchev–Trinajstić information content (AvgIpc) is 2.77. The third kappa shape index (κ3) is 3.96. The first kappa shape index (κ1) is 14.4. The molecule has 0 aromatic carbocycles. The van der Waals surface area contributed by atoms with Crippen molar-refractivity contribution in [2.45, 2.75) is 45.1 Å². The molecular formula is C11H21NO4S. The monoisotopic (exact) mass is 263 g/mol. The van der Waals surface area contributed by atoms with Crippen LogP contribution in [0.3, 0.4) is 0 Å². The highest BCUT2D eigenvalue weighted by Crippen LogP contribution is 2.23. The van der Waals surface area contributed by atoms with Gasteiger partial charge in [-0.15, -0.1) is 0 Å². The molecule has 0 spiro atoms. The molecule has 1 atom stereocenters.